The molecule has 0 bridgehead atoms. The maximum atomic E-state index is 11.4. The molecular weight excluding hydrogens is 252 g/mol. The SMILES string of the molecule is COC(=O)c1ccc(CN2CCCC3CNCC32)cc1. The zero-order valence-electron chi connectivity index (χ0n) is 12.0. The first-order chi connectivity index (χ1) is 9.78. The number of methoxy groups -OCH3 is 1. The highest BCUT2D eigenvalue weighted by Gasteiger charge is 2.34. The number of piperidine rings is 1. The van der Waals surface area contributed by atoms with Gasteiger partial charge in [0.1, 0.15) is 0 Å². The third-order valence-corrected chi connectivity index (χ3v) is 4.55. The van der Waals surface area contributed by atoms with Gasteiger partial charge in [-0.25, -0.2) is 4.79 Å². The van der Waals surface area contributed by atoms with Crippen molar-refractivity contribution in [3.63, 3.8) is 0 Å². The summed E-state index contributed by atoms with van der Waals surface area (Å²) in [6.07, 6.45) is 2.65. The van der Waals surface area contributed by atoms with Crippen molar-refractivity contribution in [2.75, 3.05) is 26.7 Å². The van der Waals surface area contributed by atoms with Crippen LogP contribution >= 0.6 is 0 Å². The van der Waals surface area contributed by atoms with E-state index in [1.165, 1.54) is 38.6 Å². The van der Waals surface area contributed by atoms with Crippen LogP contribution in [0.4, 0.5) is 0 Å². The van der Waals surface area contributed by atoms with Crippen LogP contribution < -0.4 is 5.32 Å². The summed E-state index contributed by atoms with van der Waals surface area (Å²) in [4.78, 5) is 14.0. The predicted molar refractivity (Wildman–Crippen MR) is 77.6 cm³/mol. The summed E-state index contributed by atoms with van der Waals surface area (Å²) in [5, 5.41) is 3.51. The highest BCUT2D eigenvalue weighted by atomic mass is 16.5. The Hall–Kier alpha value is -1.39. The van der Waals surface area contributed by atoms with Crippen molar-refractivity contribution in [1.82, 2.24) is 10.2 Å². The number of likely N-dealkylation sites (tertiary alicyclic amines) is 1. The minimum absolute atomic E-state index is 0.269. The third kappa shape index (κ3) is 2.72. The minimum atomic E-state index is -0.269. The van der Waals surface area contributed by atoms with Crippen molar-refractivity contribution in [3.05, 3.63) is 35.4 Å². The normalized spacial score (nSPS) is 26.2. The lowest BCUT2D eigenvalue weighted by atomic mass is 9.91. The van der Waals surface area contributed by atoms with Crippen LogP contribution in [0.25, 0.3) is 0 Å². The summed E-state index contributed by atoms with van der Waals surface area (Å²) in [6, 6.07) is 8.48. The molecule has 0 spiro atoms. The van der Waals surface area contributed by atoms with E-state index in [0.717, 1.165) is 19.0 Å². The van der Waals surface area contributed by atoms with Gasteiger partial charge in [0.25, 0.3) is 0 Å². The Morgan fingerprint density at radius 1 is 1.35 bits per heavy atom. The molecule has 1 aromatic carbocycles. The van der Waals surface area contributed by atoms with Gasteiger partial charge in [0.2, 0.25) is 0 Å². The van der Waals surface area contributed by atoms with Gasteiger partial charge in [-0.2, -0.15) is 0 Å². The number of fused-ring (bicyclic) bond motifs is 1. The second-order valence-electron chi connectivity index (χ2n) is 5.79. The van der Waals surface area contributed by atoms with E-state index in [1.807, 2.05) is 24.3 Å². The van der Waals surface area contributed by atoms with Crippen LogP contribution in [-0.2, 0) is 11.3 Å². The molecule has 20 heavy (non-hydrogen) atoms. The Morgan fingerprint density at radius 3 is 2.90 bits per heavy atom. The number of nitrogens with zero attached hydrogens (tertiary/aromatic N) is 1. The number of ether oxygens (including phenoxy) is 1. The van der Waals surface area contributed by atoms with E-state index in [2.05, 4.69) is 10.2 Å². The van der Waals surface area contributed by atoms with E-state index >= 15 is 0 Å². The van der Waals surface area contributed by atoms with Gasteiger partial charge in [0, 0.05) is 19.1 Å². The van der Waals surface area contributed by atoms with Crippen LogP contribution in [0.15, 0.2) is 24.3 Å². The molecule has 0 aliphatic carbocycles. The molecule has 2 unspecified atom stereocenters. The summed E-state index contributed by atoms with van der Waals surface area (Å²) >= 11 is 0. The van der Waals surface area contributed by atoms with Crippen molar-refractivity contribution in [2.45, 2.75) is 25.4 Å². The van der Waals surface area contributed by atoms with E-state index in [9.17, 15) is 4.79 Å². The highest BCUT2D eigenvalue weighted by Crippen LogP contribution is 2.27. The lowest BCUT2D eigenvalue weighted by Crippen LogP contribution is -2.44. The molecule has 3 rings (SSSR count). The first-order valence-electron chi connectivity index (χ1n) is 7.40. The van der Waals surface area contributed by atoms with Gasteiger partial charge >= 0.3 is 5.97 Å². The summed E-state index contributed by atoms with van der Waals surface area (Å²) < 4.78 is 4.73. The molecule has 0 aromatic heterocycles. The maximum Gasteiger partial charge on any atom is 0.337 e. The number of hydrogen-bond acceptors (Lipinski definition) is 4. The molecule has 2 aliphatic heterocycles. The van der Waals surface area contributed by atoms with Crippen LogP contribution in [0, 0.1) is 5.92 Å². The number of rotatable bonds is 3. The van der Waals surface area contributed by atoms with Gasteiger partial charge in [-0.05, 0) is 49.5 Å². The molecule has 2 fully saturated rings. The van der Waals surface area contributed by atoms with Crippen molar-refractivity contribution in [3.8, 4) is 0 Å². The van der Waals surface area contributed by atoms with Gasteiger partial charge in [-0.1, -0.05) is 12.1 Å². The van der Waals surface area contributed by atoms with E-state index < -0.39 is 0 Å². The maximum absolute atomic E-state index is 11.4. The lowest BCUT2D eigenvalue weighted by Gasteiger charge is -2.37. The third-order valence-electron chi connectivity index (χ3n) is 4.55. The second kappa shape index (κ2) is 5.94. The second-order valence-corrected chi connectivity index (χ2v) is 5.79. The fourth-order valence-electron chi connectivity index (χ4n) is 3.46. The molecule has 1 aromatic rings. The smallest absolute Gasteiger partial charge is 0.337 e. The van der Waals surface area contributed by atoms with Gasteiger partial charge in [0.05, 0.1) is 12.7 Å². The van der Waals surface area contributed by atoms with Gasteiger partial charge in [-0.3, -0.25) is 4.90 Å². The predicted octanol–water partition coefficient (Wildman–Crippen LogP) is 1.66. The molecule has 0 radical (unpaired) electrons. The molecular formula is C16H22N2O2. The first kappa shape index (κ1) is 13.6. The molecule has 108 valence electrons. The monoisotopic (exact) mass is 274 g/mol. The van der Waals surface area contributed by atoms with Gasteiger partial charge in [-0.15, -0.1) is 0 Å². The minimum Gasteiger partial charge on any atom is -0.465 e. The number of carbonyl (C=O) groups is 1. The molecule has 2 aliphatic rings. The Bertz CT molecular complexity index is 472. The number of esters is 1. The van der Waals surface area contributed by atoms with E-state index in [0.29, 0.717) is 11.6 Å². The zero-order valence-corrected chi connectivity index (χ0v) is 12.0. The molecule has 0 amide bonds. The number of hydrogen-bond donors (Lipinski definition) is 1. The number of carbonyl (C=O) groups excluding carboxylic acids is 1. The fourth-order valence-corrected chi connectivity index (χ4v) is 3.46. The lowest BCUT2D eigenvalue weighted by molar-refractivity contribution is 0.0600. The van der Waals surface area contributed by atoms with Crippen LogP contribution in [0.2, 0.25) is 0 Å². The van der Waals surface area contributed by atoms with Crippen LogP contribution in [0.1, 0.15) is 28.8 Å². The van der Waals surface area contributed by atoms with Gasteiger partial charge in [0.15, 0.2) is 0 Å². The molecule has 2 atom stereocenters. The highest BCUT2D eigenvalue weighted by molar-refractivity contribution is 5.89. The summed E-state index contributed by atoms with van der Waals surface area (Å²) in [6.45, 7) is 4.44. The van der Waals surface area contributed by atoms with Crippen molar-refractivity contribution < 1.29 is 9.53 Å². The topological polar surface area (TPSA) is 41.6 Å². The van der Waals surface area contributed by atoms with Crippen LogP contribution in [-0.4, -0.2) is 43.7 Å². The zero-order chi connectivity index (χ0) is 13.9. The summed E-state index contributed by atoms with van der Waals surface area (Å²) in [5.41, 5.74) is 1.89. The van der Waals surface area contributed by atoms with E-state index in [4.69, 9.17) is 4.74 Å². The Balaban J connectivity index is 1.66. The van der Waals surface area contributed by atoms with Gasteiger partial charge < -0.3 is 10.1 Å². The standard InChI is InChI=1S/C16H22N2O2/c1-20-16(19)13-6-4-12(5-7-13)11-18-8-2-3-14-9-17-10-15(14)18/h4-7,14-15,17H,2-3,8-11H2,1H3. The molecule has 2 saturated heterocycles. The van der Waals surface area contributed by atoms with E-state index in [1.54, 1.807) is 0 Å². The molecule has 0 saturated carbocycles. The first-order valence-corrected chi connectivity index (χ1v) is 7.40. The number of nitrogens with one attached hydrogen (secondary N) is 1. The largest absolute Gasteiger partial charge is 0.465 e. The summed E-state index contributed by atoms with van der Waals surface area (Å²) in [7, 11) is 1.41. The molecule has 1 N–H and O–H groups in total. The van der Waals surface area contributed by atoms with Crippen LogP contribution in [0.5, 0.6) is 0 Å². The Kier molecular flexibility index (Phi) is 4.03. The molecule has 4 nitrogen and oxygen atoms in total. The van der Waals surface area contributed by atoms with E-state index in [-0.39, 0.29) is 5.97 Å². The number of benzene rings is 1. The van der Waals surface area contributed by atoms with Crippen molar-refractivity contribution in [2.24, 2.45) is 5.92 Å². The molecule has 2 heterocycles. The molecule has 4 heteroatoms. The fraction of sp³-hybridized carbons (Fsp3) is 0.562. The van der Waals surface area contributed by atoms with Crippen molar-refractivity contribution >= 4 is 5.97 Å². The Morgan fingerprint density at radius 2 is 2.15 bits per heavy atom. The quantitative estimate of drug-likeness (QED) is 0.851. The Labute approximate surface area is 120 Å². The average Bonchev–Trinajstić information content (AvgIpc) is 2.97. The van der Waals surface area contributed by atoms with Crippen LogP contribution in [0.3, 0.4) is 0 Å². The summed E-state index contributed by atoms with van der Waals surface area (Å²) in [5.74, 6) is 0.549. The average molecular weight is 274 g/mol. The van der Waals surface area contributed by atoms with Crippen molar-refractivity contribution in [1.29, 1.82) is 0 Å².